The lowest BCUT2D eigenvalue weighted by Crippen LogP contribution is -2.44. The molecule has 182 valence electrons. The third-order valence-corrected chi connectivity index (χ3v) is 7.99. The fourth-order valence-electron chi connectivity index (χ4n) is 5.36. The number of hydrogen-bond acceptors (Lipinski definition) is 5. The van der Waals surface area contributed by atoms with Crippen LogP contribution in [0, 0.1) is 11.3 Å². The molecule has 3 aromatic heterocycles. The van der Waals surface area contributed by atoms with Gasteiger partial charge in [0.25, 0.3) is 0 Å². The van der Waals surface area contributed by atoms with Crippen molar-refractivity contribution in [2.45, 2.75) is 46.2 Å². The van der Waals surface area contributed by atoms with Gasteiger partial charge in [-0.2, -0.15) is 5.10 Å². The van der Waals surface area contributed by atoms with Gasteiger partial charge in [0.15, 0.2) is 0 Å². The number of benzene rings is 1. The third-order valence-electron chi connectivity index (χ3n) is 7.99. The Morgan fingerprint density at radius 1 is 1.11 bits per heavy atom. The molecule has 1 saturated heterocycles. The Hall–Kier alpha value is -3.03. The highest BCUT2D eigenvalue weighted by Crippen LogP contribution is 2.52. The Labute approximate surface area is 207 Å². The number of piperazine rings is 1. The summed E-state index contributed by atoms with van der Waals surface area (Å²) in [6.45, 7) is 12.3. The van der Waals surface area contributed by atoms with Gasteiger partial charge in [0, 0.05) is 68.8 Å². The SMILES string of the molecule is CC(c1ccnc(Cc2nc3ccc(-c4cnn(CC5CC5(C)C)c4)cc3[nH]2)c1)N1CCNCC1. The molecule has 2 aliphatic rings. The van der Waals surface area contributed by atoms with Crippen LogP contribution in [0.15, 0.2) is 48.9 Å². The lowest BCUT2D eigenvalue weighted by molar-refractivity contribution is 0.185. The Morgan fingerprint density at radius 3 is 2.74 bits per heavy atom. The predicted molar refractivity (Wildman–Crippen MR) is 139 cm³/mol. The highest BCUT2D eigenvalue weighted by molar-refractivity contribution is 5.81. The summed E-state index contributed by atoms with van der Waals surface area (Å²) in [6.07, 6.45) is 8.06. The molecule has 4 heterocycles. The maximum atomic E-state index is 4.84. The van der Waals surface area contributed by atoms with E-state index in [1.54, 1.807) is 0 Å². The summed E-state index contributed by atoms with van der Waals surface area (Å²) < 4.78 is 2.09. The number of aromatic nitrogens is 5. The van der Waals surface area contributed by atoms with Gasteiger partial charge in [0.1, 0.15) is 5.82 Å². The topological polar surface area (TPSA) is 74.7 Å². The molecule has 1 aliphatic heterocycles. The van der Waals surface area contributed by atoms with Crippen molar-refractivity contribution in [3.63, 3.8) is 0 Å². The summed E-state index contributed by atoms with van der Waals surface area (Å²) in [5.74, 6) is 1.68. The average molecular weight is 470 g/mol. The summed E-state index contributed by atoms with van der Waals surface area (Å²) >= 11 is 0. The predicted octanol–water partition coefficient (Wildman–Crippen LogP) is 4.42. The van der Waals surface area contributed by atoms with E-state index < -0.39 is 0 Å². The first-order valence-electron chi connectivity index (χ1n) is 12.9. The molecule has 0 radical (unpaired) electrons. The Bertz CT molecular complexity index is 1330. The first-order valence-corrected chi connectivity index (χ1v) is 12.9. The van der Waals surface area contributed by atoms with Crippen LogP contribution in [0.2, 0.25) is 0 Å². The highest BCUT2D eigenvalue weighted by Gasteiger charge is 2.45. The molecule has 1 aromatic carbocycles. The first-order chi connectivity index (χ1) is 16.9. The monoisotopic (exact) mass is 469 g/mol. The first kappa shape index (κ1) is 22.4. The molecule has 6 rings (SSSR count). The van der Waals surface area contributed by atoms with Crippen molar-refractivity contribution in [2.75, 3.05) is 26.2 Å². The molecule has 1 aliphatic carbocycles. The number of nitrogens with zero attached hydrogens (tertiary/aromatic N) is 5. The van der Waals surface area contributed by atoms with Gasteiger partial charge in [-0.3, -0.25) is 14.6 Å². The number of imidazole rings is 1. The quantitative estimate of drug-likeness (QED) is 0.419. The molecule has 4 aromatic rings. The van der Waals surface area contributed by atoms with Gasteiger partial charge in [-0.15, -0.1) is 0 Å². The van der Waals surface area contributed by atoms with Gasteiger partial charge in [0.2, 0.25) is 0 Å². The normalized spacial score (nSPS) is 20.8. The van der Waals surface area contributed by atoms with Crippen molar-refractivity contribution >= 4 is 11.0 Å². The maximum Gasteiger partial charge on any atom is 0.113 e. The van der Waals surface area contributed by atoms with Gasteiger partial charge < -0.3 is 10.3 Å². The van der Waals surface area contributed by atoms with Crippen LogP contribution >= 0.6 is 0 Å². The Balaban J connectivity index is 1.17. The molecule has 7 nitrogen and oxygen atoms in total. The number of rotatable bonds is 7. The van der Waals surface area contributed by atoms with Crippen LogP contribution < -0.4 is 5.32 Å². The minimum absolute atomic E-state index is 0.393. The van der Waals surface area contributed by atoms with Crippen molar-refractivity contribution in [1.29, 1.82) is 0 Å². The van der Waals surface area contributed by atoms with Crippen LogP contribution in [0.4, 0.5) is 0 Å². The van der Waals surface area contributed by atoms with E-state index >= 15 is 0 Å². The fourth-order valence-corrected chi connectivity index (χ4v) is 5.36. The van der Waals surface area contributed by atoms with Gasteiger partial charge in [0.05, 0.1) is 17.2 Å². The highest BCUT2D eigenvalue weighted by atomic mass is 15.3. The van der Waals surface area contributed by atoms with Crippen LogP contribution in [0.1, 0.15) is 50.3 Å². The summed E-state index contributed by atoms with van der Waals surface area (Å²) in [5, 5.41) is 8.05. The van der Waals surface area contributed by atoms with E-state index in [0.717, 1.165) is 66.8 Å². The summed E-state index contributed by atoms with van der Waals surface area (Å²) in [4.78, 5) is 15.5. The van der Waals surface area contributed by atoms with E-state index in [4.69, 9.17) is 4.98 Å². The summed E-state index contributed by atoms with van der Waals surface area (Å²) in [5.41, 5.74) is 7.20. The molecule has 2 N–H and O–H groups in total. The zero-order valence-corrected chi connectivity index (χ0v) is 21.0. The van der Waals surface area contributed by atoms with Crippen LogP contribution in [0.25, 0.3) is 22.2 Å². The van der Waals surface area contributed by atoms with Crippen molar-refractivity contribution in [1.82, 2.24) is 34.9 Å². The molecular formula is C28H35N7. The van der Waals surface area contributed by atoms with Crippen molar-refractivity contribution in [3.8, 4) is 11.1 Å². The second-order valence-electron chi connectivity index (χ2n) is 11.0. The molecule has 0 bridgehead atoms. The molecule has 2 atom stereocenters. The minimum atomic E-state index is 0.393. The van der Waals surface area contributed by atoms with E-state index in [0.29, 0.717) is 17.9 Å². The van der Waals surface area contributed by atoms with Crippen molar-refractivity contribution < 1.29 is 0 Å². The van der Waals surface area contributed by atoms with Gasteiger partial charge in [-0.1, -0.05) is 19.9 Å². The third kappa shape index (κ3) is 4.75. The standard InChI is InChI=1S/C28H35N7/c1-19(34-10-8-29-9-11-34)20-6-7-30-24(12-20)14-27-32-25-5-4-21(13-26(25)33-27)22-16-31-35(17-22)18-23-15-28(23,2)3/h4-7,12-13,16-17,19,23,29H,8-11,14-15,18H2,1-3H3,(H,32,33). The number of hydrogen-bond donors (Lipinski definition) is 2. The molecule has 2 unspecified atom stereocenters. The zero-order chi connectivity index (χ0) is 24.0. The molecule has 2 fully saturated rings. The number of pyridine rings is 1. The second-order valence-corrected chi connectivity index (χ2v) is 11.0. The molecule has 35 heavy (non-hydrogen) atoms. The number of nitrogens with one attached hydrogen (secondary N) is 2. The minimum Gasteiger partial charge on any atom is -0.342 e. The van der Waals surface area contributed by atoms with Crippen LogP contribution in [0.5, 0.6) is 0 Å². The van der Waals surface area contributed by atoms with E-state index in [9.17, 15) is 0 Å². The van der Waals surface area contributed by atoms with Crippen molar-refractivity contribution in [2.24, 2.45) is 11.3 Å². The summed E-state index contributed by atoms with van der Waals surface area (Å²) in [6, 6.07) is 11.2. The van der Waals surface area contributed by atoms with Crippen LogP contribution in [-0.4, -0.2) is 55.8 Å². The lowest BCUT2D eigenvalue weighted by atomic mass is 10.1. The largest absolute Gasteiger partial charge is 0.342 e. The lowest BCUT2D eigenvalue weighted by Gasteiger charge is -2.33. The second kappa shape index (κ2) is 8.88. The molecule has 7 heteroatoms. The van der Waals surface area contributed by atoms with Crippen LogP contribution in [-0.2, 0) is 13.0 Å². The van der Waals surface area contributed by atoms with Gasteiger partial charge in [-0.25, -0.2) is 4.98 Å². The molecule has 1 saturated carbocycles. The molecule has 0 amide bonds. The Kier molecular flexibility index (Phi) is 5.69. The van der Waals surface area contributed by atoms with E-state index in [-0.39, 0.29) is 0 Å². The van der Waals surface area contributed by atoms with Crippen LogP contribution in [0.3, 0.4) is 0 Å². The summed E-state index contributed by atoms with van der Waals surface area (Å²) in [7, 11) is 0. The number of H-pyrrole nitrogens is 1. The van der Waals surface area contributed by atoms with Crippen molar-refractivity contribution in [3.05, 3.63) is 66.0 Å². The van der Waals surface area contributed by atoms with Gasteiger partial charge in [-0.05, 0) is 60.1 Å². The maximum absolute atomic E-state index is 4.84. The van der Waals surface area contributed by atoms with E-state index in [2.05, 4.69) is 87.3 Å². The zero-order valence-electron chi connectivity index (χ0n) is 21.0. The number of aromatic amines is 1. The molecule has 0 spiro atoms. The van der Waals surface area contributed by atoms with E-state index in [1.165, 1.54) is 17.5 Å². The Morgan fingerprint density at radius 2 is 1.94 bits per heavy atom. The average Bonchev–Trinajstić information content (AvgIpc) is 3.21. The van der Waals surface area contributed by atoms with Gasteiger partial charge >= 0.3 is 0 Å². The van der Waals surface area contributed by atoms with E-state index in [1.807, 2.05) is 12.4 Å². The fraction of sp³-hybridized carbons (Fsp3) is 0.464. The molecular weight excluding hydrogens is 434 g/mol. The number of fused-ring (bicyclic) bond motifs is 1. The smallest absolute Gasteiger partial charge is 0.113 e.